The molecule has 0 unspecified atom stereocenters. The van der Waals surface area contributed by atoms with Gasteiger partial charge in [-0.2, -0.15) is 0 Å². The van der Waals surface area contributed by atoms with Gasteiger partial charge in [-0.05, 0) is 0 Å². The Morgan fingerprint density at radius 2 is 1.43 bits per heavy atom. The molecule has 2 aromatic carbocycles. The van der Waals surface area contributed by atoms with Gasteiger partial charge in [0.2, 0.25) is 0 Å². The van der Waals surface area contributed by atoms with Gasteiger partial charge in [-0.3, -0.25) is 0 Å². The molecule has 0 radical (unpaired) electrons. The van der Waals surface area contributed by atoms with Crippen LogP contribution in [0.1, 0.15) is 0 Å². The Labute approximate surface area is 96.0 Å². The van der Waals surface area contributed by atoms with E-state index in [-0.39, 0.29) is 17.0 Å². The predicted molar refractivity (Wildman–Crippen MR) is 57.4 cm³/mol. The van der Waals surface area contributed by atoms with Crippen molar-refractivity contribution in [2.75, 3.05) is 0 Å². The summed E-state index contributed by atoms with van der Waals surface area (Å²) in [4.78, 5) is 0. The molecule has 0 saturated carbocycles. The van der Waals surface area contributed by atoms with Crippen LogP contribution in [0.15, 0.2) is 54.6 Å². The standard InChI is InChI=1S/C12H9.ClH.Pd/c1-3-7-11(8-4-1)12-9-5-2-6-10-12;;/h1-9H;1H;/q;;+1/p-1. The predicted octanol–water partition coefficient (Wildman–Crippen LogP) is 3.22. The second-order valence-corrected chi connectivity index (χ2v) is 4.71. The SMILES string of the molecule is [Cl][Pd][c]1ccccc1-c1ccccc1. The van der Waals surface area contributed by atoms with E-state index in [0.29, 0.717) is 0 Å². The summed E-state index contributed by atoms with van der Waals surface area (Å²) in [5.41, 5.74) is 2.49. The van der Waals surface area contributed by atoms with Gasteiger partial charge in [0.15, 0.2) is 0 Å². The first-order valence-corrected chi connectivity index (χ1v) is 7.04. The van der Waals surface area contributed by atoms with E-state index in [1.807, 2.05) is 30.3 Å². The number of hydrogen-bond donors (Lipinski definition) is 0. The Bertz CT molecular complexity index is 412. The van der Waals surface area contributed by atoms with E-state index in [4.69, 9.17) is 9.53 Å². The quantitative estimate of drug-likeness (QED) is 0.746. The van der Waals surface area contributed by atoms with E-state index in [9.17, 15) is 0 Å². The van der Waals surface area contributed by atoms with Gasteiger partial charge in [0.05, 0.1) is 0 Å². The fourth-order valence-electron chi connectivity index (χ4n) is 1.35. The number of hydrogen-bond acceptors (Lipinski definition) is 0. The minimum atomic E-state index is 0.139. The fourth-order valence-corrected chi connectivity index (χ4v) is 2.72. The third kappa shape index (κ3) is 2.07. The molecule has 0 N–H and O–H groups in total. The molecule has 0 heterocycles. The van der Waals surface area contributed by atoms with Crippen LogP contribution in [-0.2, 0) is 17.0 Å². The molecule has 0 aliphatic carbocycles. The van der Waals surface area contributed by atoms with Gasteiger partial charge >= 0.3 is 96.2 Å². The molecule has 0 atom stereocenters. The molecule has 0 bridgehead atoms. The zero-order valence-electron chi connectivity index (χ0n) is 7.39. The molecule has 2 heteroatoms. The molecule has 0 aromatic heterocycles. The van der Waals surface area contributed by atoms with Crippen LogP contribution in [0.25, 0.3) is 11.1 Å². The molecule has 0 aliphatic heterocycles. The first kappa shape index (κ1) is 9.93. The summed E-state index contributed by atoms with van der Waals surface area (Å²) in [6, 6.07) is 18.6. The maximum absolute atomic E-state index is 5.93. The Morgan fingerprint density at radius 3 is 2.14 bits per heavy atom. The molecule has 0 spiro atoms. The maximum atomic E-state index is 5.93. The topological polar surface area (TPSA) is 0 Å². The average molecular weight is 295 g/mol. The summed E-state index contributed by atoms with van der Waals surface area (Å²) in [5.74, 6) is 0. The van der Waals surface area contributed by atoms with Gasteiger partial charge in [-0.1, -0.05) is 0 Å². The molecule has 14 heavy (non-hydrogen) atoms. The monoisotopic (exact) mass is 294 g/mol. The molecular weight excluding hydrogens is 286 g/mol. The Balaban J connectivity index is 2.51. The summed E-state index contributed by atoms with van der Waals surface area (Å²) in [5, 5.41) is 0. The van der Waals surface area contributed by atoms with Gasteiger partial charge < -0.3 is 0 Å². The number of rotatable bonds is 2. The summed E-state index contributed by atoms with van der Waals surface area (Å²) in [7, 11) is 5.93. The van der Waals surface area contributed by atoms with Gasteiger partial charge in [0.1, 0.15) is 0 Å². The van der Waals surface area contributed by atoms with Crippen LogP contribution in [0.4, 0.5) is 0 Å². The van der Waals surface area contributed by atoms with Gasteiger partial charge in [0.25, 0.3) is 0 Å². The van der Waals surface area contributed by atoms with E-state index in [0.717, 1.165) is 0 Å². The fraction of sp³-hybridized carbons (Fsp3) is 0. The summed E-state index contributed by atoms with van der Waals surface area (Å²) < 4.78 is 1.23. The van der Waals surface area contributed by atoms with E-state index in [1.165, 1.54) is 15.2 Å². The average Bonchev–Trinajstić information content (AvgIpc) is 2.30. The van der Waals surface area contributed by atoms with Crippen LogP contribution in [0.2, 0.25) is 0 Å². The number of halogens is 1. The molecule has 74 valence electrons. The van der Waals surface area contributed by atoms with Crippen molar-refractivity contribution in [1.29, 1.82) is 0 Å². The Hall–Kier alpha value is -0.608. The van der Waals surface area contributed by atoms with Gasteiger partial charge in [-0.25, -0.2) is 0 Å². The zero-order chi connectivity index (χ0) is 9.80. The van der Waals surface area contributed by atoms with E-state index in [1.54, 1.807) is 0 Å². The van der Waals surface area contributed by atoms with Crippen molar-refractivity contribution in [3.8, 4) is 11.1 Å². The van der Waals surface area contributed by atoms with E-state index >= 15 is 0 Å². The molecule has 2 aromatic rings. The summed E-state index contributed by atoms with van der Waals surface area (Å²) in [6.07, 6.45) is 0. The van der Waals surface area contributed by atoms with E-state index < -0.39 is 0 Å². The van der Waals surface area contributed by atoms with Gasteiger partial charge in [0, 0.05) is 0 Å². The van der Waals surface area contributed by atoms with Crippen molar-refractivity contribution in [1.82, 2.24) is 0 Å². The Morgan fingerprint density at radius 1 is 0.786 bits per heavy atom. The van der Waals surface area contributed by atoms with Crippen molar-refractivity contribution in [2.45, 2.75) is 0 Å². The third-order valence-electron chi connectivity index (χ3n) is 2.00. The molecule has 0 saturated heterocycles. The van der Waals surface area contributed by atoms with Crippen LogP contribution >= 0.6 is 9.53 Å². The van der Waals surface area contributed by atoms with Crippen molar-refractivity contribution < 1.29 is 17.0 Å². The number of benzene rings is 2. The molecule has 0 fully saturated rings. The summed E-state index contributed by atoms with van der Waals surface area (Å²) >= 11 is 0.139. The molecule has 0 aliphatic rings. The Kier molecular flexibility index (Phi) is 3.37. The van der Waals surface area contributed by atoms with Crippen LogP contribution < -0.4 is 4.04 Å². The second kappa shape index (κ2) is 4.75. The second-order valence-electron chi connectivity index (χ2n) is 2.87. The van der Waals surface area contributed by atoms with Crippen molar-refractivity contribution in [3.63, 3.8) is 0 Å². The van der Waals surface area contributed by atoms with Crippen molar-refractivity contribution >= 4 is 13.6 Å². The zero-order valence-corrected chi connectivity index (χ0v) is 9.70. The van der Waals surface area contributed by atoms with Crippen molar-refractivity contribution in [2.24, 2.45) is 0 Å². The molecular formula is C12H9ClPd. The van der Waals surface area contributed by atoms with Crippen LogP contribution in [0.5, 0.6) is 0 Å². The first-order chi connectivity index (χ1) is 6.92. The first-order valence-electron chi connectivity index (χ1n) is 4.27. The minimum absolute atomic E-state index is 0.139. The molecule has 0 nitrogen and oxygen atoms in total. The third-order valence-corrected chi connectivity index (χ3v) is 3.75. The van der Waals surface area contributed by atoms with Crippen LogP contribution in [0.3, 0.4) is 0 Å². The van der Waals surface area contributed by atoms with Crippen LogP contribution in [-0.4, -0.2) is 0 Å². The molecule has 0 amide bonds. The van der Waals surface area contributed by atoms with Gasteiger partial charge in [-0.15, -0.1) is 0 Å². The van der Waals surface area contributed by atoms with E-state index in [2.05, 4.69) is 24.3 Å². The normalized spacial score (nSPS) is 10.4. The molecule has 2 rings (SSSR count). The van der Waals surface area contributed by atoms with Crippen molar-refractivity contribution in [3.05, 3.63) is 54.6 Å². The summed E-state index contributed by atoms with van der Waals surface area (Å²) in [6.45, 7) is 0. The van der Waals surface area contributed by atoms with Crippen LogP contribution in [0, 0.1) is 0 Å².